The lowest BCUT2D eigenvalue weighted by Crippen LogP contribution is -2.63. The highest BCUT2D eigenvalue weighted by Gasteiger charge is 2.56. The smallest absolute Gasteiger partial charge is 0.0125 e. The van der Waals surface area contributed by atoms with E-state index in [0.29, 0.717) is 5.54 Å². The Bertz CT molecular complexity index is 310. The van der Waals surface area contributed by atoms with E-state index >= 15 is 0 Å². The van der Waals surface area contributed by atoms with E-state index in [9.17, 15) is 0 Å². The molecule has 18 heavy (non-hydrogen) atoms. The first kappa shape index (κ1) is 11.8. The van der Waals surface area contributed by atoms with Crippen LogP contribution in [-0.2, 0) is 0 Å². The summed E-state index contributed by atoms with van der Waals surface area (Å²) in [6.07, 6.45) is 9.57. The van der Waals surface area contributed by atoms with E-state index in [4.69, 9.17) is 0 Å². The van der Waals surface area contributed by atoms with Crippen molar-refractivity contribution in [3.05, 3.63) is 0 Å². The van der Waals surface area contributed by atoms with Gasteiger partial charge in [-0.3, -0.25) is 4.90 Å². The minimum Gasteiger partial charge on any atom is -0.298 e. The van der Waals surface area contributed by atoms with Gasteiger partial charge in [-0.05, 0) is 88.4 Å². The summed E-state index contributed by atoms with van der Waals surface area (Å²) in [4.78, 5) is 2.70. The highest BCUT2D eigenvalue weighted by molar-refractivity contribution is 5.08. The summed E-state index contributed by atoms with van der Waals surface area (Å²) in [5.74, 6) is 4.42. The molecule has 0 atom stereocenters. The molecule has 0 spiro atoms. The Morgan fingerprint density at radius 3 is 1.67 bits per heavy atom. The van der Waals surface area contributed by atoms with Gasteiger partial charge in [0, 0.05) is 18.6 Å². The van der Waals surface area contributed by atoms with Crippen LogP contribution in [0.5, 0.6) is 0 Å². The van der Waals surface area contributed by atoms with Gasteiger partial charge in [-0.15, -0.1) is 0 Å². The molecule has 5 fully saturated rings. The summed E-state index contributed by atoms with van der Waals surface area (Å²) < 4.78 is 0. The maximum atomic E-state index is 2.70. The van der Waals surface area contributed by atoms with E-state index in [1.807, 2.05) is 0 Å². The Labute approximate surface area is 112 Å². The Morgan fingerprint density at radius 1 is 0.833 bits per heavy atom. The van der Waals surface area contributed by atoms with E-state index in [2.05, 4.69) is 25.7 Å². The lowest BCUT2D eigenvalue weighted by molar-refractivity contribution is -0.142. The van der Waals surface area contributed by atoms with E-state index in [-0.39, 0.29) is 0 Å². The fourth-order valence-corrected chi connectivity index (χ4v) is 6.09. The highest BCUT2D eigenvalue weighted by Crippen LogP contribution is 2.64. The Morgan fingerprint density at radius 2 is 1.28 bits per heavy atom. The van der Waals surface area contributed by atoms with Crippen molar-refractivity contribution in [2.24, 2.45) is 29.1 Å². The quantitative estimate of drug-likeness (QED) is 0.678. The van der Waals surface area contributed by atoms with Gasteiger partial charge in [0.15, 0.2) is 0 Å². The first-order valence-corrected chi connectivity index (χ1v) is 8.20. The van der Waals surface area contributed by atoms with Crippen molar-refractivity contribution in [2.45, 2.75) is 64.8 Å². The third-order valence-electron chi connectivity index (χ3n) is 6.78. The zero-order valence-corrected chi connectivity index (χ0v) is 12.4. The number of hydrogen-bond acceptors (Lipinski definition) is 1. The van der Waals surface area contributed by atoms with E-state index < -0.39 is 0 Å². The Balaban J connectivity index is 1.49. The highest BCUT2D eigenvalue weighted by atomic mass is 15.2. The van der Waals surface area contributed by atoms with Crippen LogP contribution in [0.3, 0.4) is 0 Å². The lowest BCUT2D eigenvalue weighted by atomic mass is 9.45. The van der Waals surface area contributed by atoms with Crippen molar-refractivity contribution in [1.82, 2.24) is 4.90 Å². The Hall–Kier alpha value is -0.0400. The second-order valence-electron chi connectivity index (χ2n) is 9.05. The van der Waals surface area contributed by atoms with Crippen LogP contribution in [0.1, 0.15) is 59.3 Å². The SMILES string of the molecule is CC(C)(C)N1CC(C23CC4CC(CC(C4)C2)C3)C1. The number of hydrogen-bond donors (Lipinski definition) is 0. The van der Waals surface area contributed by atoms with Gasteiger partial charge in [-0.25, -0.2) is 0 Å². The summed E-state index contributed by atoms with van der Waals surface area (Å²) in [6, 6.07) is 0. The average Bonchev–Trinajstić information content (AvgIpc) is 2.08. The van der Waals surface area contributed by atoms with Crippen LogP contribution >= 0.6 is 0 Å². The molecule has 5 rings (SSSR count). The van der Waals surface area contributed by atoms with Gasteiger partial charge in [0.2, 0.25) is 0 Å². The summed E-state index contributed by atoms with van der Waals surface area (Å²) in [7, 11) is 0. The molecule has 0 aromatic carbocycles. The van der Waals surface area contributed by atoms with Gasteiger partial charge in [0.1, 0.15) is 0 Å². The second-order valence-corrected chi connectivity index (χ2v) is 9.05. The van der Waals surface area contributed by atoms with Gasteiger partial charge in [0.05, 0.1) is 0 Å². The molecule has 0 unspecified atom stereocenters. The normalized spacial score (nSPS) is 48.5. The van der Waals surface area contributed by atoms with E-state index in [0.717, 1.165) is 29.1 Å². The number of nitrogens with zero attached hydrogens (tertiary/aromatic N) is 1. The van der Waals surface area contributed by atoms with Gasteiger partial charge in [-0.2, -0.15) is 0 Å². The number of likely N-dealkylation sites (tertiary alicyclic amines) is 1. The topological polar surface area (TPSA) is 3.24 Å². The van der Waals surface area contributed by atoms with Crippen molar-refractivity contribution in [3.63, 3.8) is 0 Å². The van der Waals surface area contributed by atoms with Crippen LogP contribution in [0.2, 0.25) is 0 Å². The Kier molecular flexibility index (Phi) is 2.31. The van der Waals surface area contributed by atoms with Crippen molar-refractivity contribution < 1.29 is 0 Å². The van der Waals surface area contributed by atoms with Gasteiger partial charge in [0.25, 0.3) is 0 Å². The summed E-state index contributed by atoms with van der Waals surface area (Å²) in [5, 5.41) is 0. The van der Waals surface area contributed by atoms with Gasteiger partial charge < -0.3 is 0 Å². The molecule has 1 heterocycles. The van der Waals surface area contributed by atoms with Gasteiger partial charge >= 0.3 is 0 Å². The lowest BCUT2D eigenvalue weighted by Gasteiger charge is -2.64. The first-order valence-electron chi connectivity index (χ1n) is 8.20. The molecule has 0 N–H and O–H groups in total. The van der Waals surface area contributed by atoms with E-state index in [1.165, 1.54) is 13.1 Å². The predicted molar refractivity (Wildman–Crippen MR) is 75.4 cm³/mol. The molecule has 1 nitrogen and oxygen atoms in total. The predicted octanol–water partition coefficient (Wildman–Crippen LogP) is 3.93. The third kappa shape index (κ3) is 1.62. The minimum absolute atomic E-state index is 0.402. The van der Waals surface area contributed by atoms with Crippen molar-refractivity contribution >= 4 is 0 Å². The average molecular weight is 247 g/mol. The van der Waals surface area contributed by atoms with Crippen molar-refractivity contribution in [1.29, 1.82) is 0 Å². The summed E-state index contributed by atoms with van der Waals surface area (Å²) in [5.41, 5.74) is 1.20. The number of rotatable bonds is 1. The molecule has 1 saturated heterocycles. The van der Waals surface area contributed by atoms with Crippen molar-refractivity contribution in [2.75, 3.05) is 13.1 Å². The molecular formula is C17H29N. The van der Waals surface area contributed by atoms with Crippen LogP contribution in [0, 0.1) is 29.1 Å². The molecule has 102 valence electrons. The second kappa shape index (κ2) is 3.53. The van der Waals surface area contributed by atoms with Crippen LogP contribution in [-0.4, -0.2) is 23.5 Å². The molecule has 0 aromatic heterocycles. The zero-order valence-electron chi connectivity index (χ0n) is 12.4. The third-order valence-corrected chi connectivity index (χ3v) is 6.78. The van der Waals surface area contributed by atoms with Crippen LogP contribution in [0.4, 0.5) is 0 Å². The van der Waals surface area contributed by atoms with Crippen LogP contribution in [0.15, 0.2) is 0 Å². The van der Waals surface area contributed by atoms with E-state index in [1.54, 1.807) is 38.5 Å². The molecule has 1 aliphatic heterocycles. The fourth-order valence-electron chi connectivity index (χ4n) is 6.09. The molecule has 1 heteroatoms. The maximum absolute atomic E-state index is 2.70. The monoisotopic (exact) mass is 247 g/mol. The summed E-state index contributed by atoms with van der Waals surface area (Å²) >= 11 is 0. The molecule has 4 aliphatic carbocycles. The van der Waals surface area contributed by atoms with Crippen molar-refractivity contribution in [3.8, 4) is 0 Å². The fraction of sp³-hybridized carbons (Fsp3) is 1.00. The molecular weight excluding hydrogens is 218 g/mol. The zero-order chi connectivity index (χ0) is 12.5. The summed E-state index contributed by atoms with van der Waals surface area (Å²) in [6.45, 7) is 9.93. The molecule has 0 amide bonds. The van der Waals surface area contributed by atoms with Gasteiger partial charge in [-0.1, -0.05) is 0 Å². The molecule has 5 aliphatic rings. The van der Waals surface area contributed by atoms with Crippen LogP contribution in [0.25, 0.3) is 0 Å². The maximum Gasteiger partial charge on any atom is 0.0125 e. The first-order chi connectivity index (χ1) is 8.45. The molecule has 0 aromatic rings. The standard InChI is InChI=1S/C17H29N/c1-16(2,3)18-10-15(11-18)17-7-12-4-13(8-17)6-14(5-12)9-17/h12-15H,4-11H2,1-3H3. The molecule has 0 radical (unpaired) electrons. The molecule has 4 bridgehead atoms. The van der Waals surface area contributed by atoms with Crippen LogP contribution < -0.4 is 0 Å². The largest absolute Gasteiger partial charge is 0.298 e. The minimum atomic E-state index is 0.402. The molecule has 4 saturated carbocycles.